The molecule has 1 aliphatic rings. The van der Waals surface area contributed by atoms with Gasteiger partial charge in [0.15, 0.2) is 0 Å². The average molecular weight is 415 g/mol. The van der Waals surface area contributed by atoms with E-state index in [1.165, 1.54) is 0 Å². The van der Waals surface area contributed by atoms with E-state index in [-0.39, 0.29) is 29.6 Å². The Kier molecular flexibility index (Phi) is 5.91. The number of rotatable bonds is 6. The Morgan fingerprint density at radius 1 is 1.30 bits per heavy atom. The Bertz CT molecular complexity index is 968. The molecule has 0 aliphatic carbocycles. The molecular weight excluding hydrogens is 384 g/mol. The van der Waals surface area contributed by atoms with Crippen molar-refractivity contribution in [3.63, 3.8) is 0 Å². The van der Waals surface area contributed by atoms with Crippen molar-refractivity contribution in [2.45, 2.75) is 53.4 Å². The number of carbonyl (C=O) groups is 2. The third-order valence-electron chi connectivity index (χ3n) is 5.38. The van der Waals surface area contributed by atoms with Crippen LogP contribution >= 0.6 is 0 Å². The third kappa shape index (κ3) is 3.92. The normalized spacial score (nSPS) is 16.7. The topological polar surface area (TPSA) is 128 Å². The van der Waals surface area contributed by atoms with E-state index in [4.69, 9.17) is 16.2 Å². The Morgan fingerprint density at radius 3 is 2.60 bits per heavy atom. The lowest BCUT2D eigenvalue weighted by Gasteiger charge is -2.44. The zero-order valence-electron chi connectivity index (χ0n) is 18.1. The molecule has 2 aromatic rings. The van der Waals surface area contributed by atoms with E-state index in [2.05, 4.69) is 29.2 Å². The number of nitrogens with zero attached hydrogens (tertiary/aromatic N) is 3. The van der Waals surface area contributed by atoms with Crippen molar-refractivity contribution >= 4 is 23.2 Å². The van der Waals surface area contributed by atoms with Gasteiger partial charge in [0.05, 0.1) is 23.6 Å². The molecule has 162 valence electrons. The second-order valence-electron chi connectivity index (χ2n) is 7.94. The molecule has 2 amide bonds. The number of hydrogen-bond acceptors (Lipinski definition) is 6. The van der Waals surface area contributed by atoms with E-state index in [0.717, 1.165) is 5.69 Å². The molecule has 2 heterocycles. The van der Waals surface area contributed by atoms with Crippen molar-refractivity contribution in [3.8, 4) is 5.75 Å². The summed E-state index contributed by atoms with van der Waals surface area (Å²) in [5.74, 6) is -0.0737. The number of nitrogen functional groups attached to an aromatic ring is 1. The minimum atomic E-state index is -0.574. The quantitative estimate of drug-likeness (QED) is 0.619. The molecule has 1 unspecified atom stereocenters. The fourth-order valence-corrected chi connectivity index (χ4v) is 3.88. The Balaban J connectivity index is 1.97. The number of carbonyl (C=O) groups excluding carboxylic acids is 2. The molecule has 2 atom stereocenters. The maximum atomic E-state index is 13.0. The third-order valence-corrected chi connectivity index (χ3v) is 5.38. The summed E-state index contributed by atoms with van der Waals surface area (Å²) in [5.41, 5.74) is 14.3. The summed E-state index contributed by atoms with van der Waals surface area (Å²) in [7, 11) is 0. The van der Waals surface area contributed by atoms with Crippen LogP contribution in [0.25, 0.3) is 0 Å². The number of benzene rings is 1. The van der Waals surface area contributed by atoms with E-state index in [0.29, 0.717) is 36.0 Å². The summed E-state index contributed by atoms with van der Waals surface area (Å²) in [6.45, 7) is 10.9. The van der Waals surface area contributed by atoms with E-state index < -0.39 is 5.91 Å². The van der Waals surface area contributed by atoms with Gasteiger partial charge in [-0.1, -0.05) is 13.8 Å². The first kappa shape index (κ1) is 21.5. The zero-order valence-corrected chi connectivity index (χ0v) is 18.1. The van der Waals surface area contributed by atoms with Gasteiger partial charge in [-0.15, -0.1) is 0 Å². The molecule has 30 heavy (non-hydrogen) atoms. The molecule has 0 saturated carbocycles. The van der Waals surface area contributed by atoms with Gasteiger partial charge in [-0.25, -0.2) is 0 Å². The van der Waals surface area contributed by atoms with Crippen molar-refractivity contribution in [2.75, 3.05) is 17.2 Å². The van der Waals surface area contributed by atoms with E-state index in [1.807, 2.05) is 20.8 Å². The summed E-state index contributed by atoms with van der Waals surface area (Å²) < 4.78 is 7.60. The van der Waals surface area contributed by atoms with Crippen molar-refractivity contribution in [3.05, 3.63) is 35.2 Å². The number of aryl methyl sites for hydroxylation is 2. The Labute approximate surface area is 176 Å². The van der Waals surface area contributed by atoms with Crippen LogP contribution in [0.15, 0.2) is 18.2 Å². The van der Waals surface area contributed by atoms with Crippen molar-refractivity contribution in [2.24, 2.45) is 11.7 Å². The van der Waals surface area contributed by atoms with Crippen LogP contribution in [0.1, 0.15) is 54.2 Å². The Hall–Kier alpha value is -3.23. The van der Waals surface area contributed by atoms with Gasteiger partial charge in [-0.2, -0.15) is 5.10 Å². The number of amides is 2. The number of primary amides is 1. The minimum Gasteiger partial charge on any atom is -0.489 e. The van der Waals surface area contributed by atoms with Gasteiger partial charge in [0.1, 0.15) is 23.7 Å². The number of anilines is 2. The number of nitrogens with one attached hydrogen (secondary N) is 1. The SMILES string of the molecule is CCn1nc(C)cc1C(=O)NC(C)N1c2c(N)cc(C(N)=O)cc2OC[C@@H]1C(C)C. The van der Waals surface area contributed by atoms with Crippen LogP contribution in [-0.4, -0.2) is 40.4 Å². The highest BCUT2D eigenvalue weighted by molar-refractivity contribution is 5.97. The molecule has 0 saturated heterocycles. The fourth-order valence-electron chi connectivity index (χ4n) is 3.88. The largest absolute Gasteiger partial charge is 0.489 e. The molecule has 1 aromatic heterocycles. The number of hydrogen-bond donors (Lipinski definition) is 3. The second-order valence-corrected chi connectivity index (χ2v) is 7.94. The van der Waals surface area contributed by atoms with Crippen LogP contribution in [0.3, 0.4) is 0 Å². The summed E-state index contributed by atoms with van der Waals surface area (Å²) >= 11 is 0. The van der Waals surface area contributed by atoms with Gasteiger partial charge in [-0.05, 0) is 44.9 Å². The maximum Gasteiger partial charge on any atom is 0.271 e. The summed E-state index contributed by atoms with van der Waals surface area (Å²) in [5, 5.41) is 7.42. The smallest absolute Gasteiger partial charge is 0.271 e. The molecular formula is C21H30N6O3. The molecule has 1 aliphatic heterocycles. The zero-order chi connectivity index (χ0) is 22.2. The molecule has 0 bridgehead atoms. The summed E-state index contributed by atoms with van der Waals surface area (Å²) in [4.78, 5) is 26.7. The van der Waals surface area contributed by atoms with Crippen molar-refractivity contribution < 1.29 is 14.3 Å². The van der Waals surface area contributed by atoms with Gasteiger partial charge in [0.2, 0.25) is 5.91 Å². The lowest BCUT2D eigenvalue weighted by atomic mass is 9.98. The molecule has 1 aromatic carbocycles. The molecule has 3 rings (SSSR count). The number of fused-ring (bicyclic) bond motifs is 1. The second kappa shape index (κ2) is 8.25. The summed E-state index contributed by atoms with van der Waals surface area (Å²) in [6, 6.07) is 4.89. The van der Waals surface area contributed by atoms with E-state index in [9.17, 15) is 9.59 Å². The number of ether oxygens (including phenoxy) is 1. The molecule has 5 N–H and O–H groups in total. The minimum absolute atomic E-state index is 0.0210. The Morgan fingerprint density at radius 2 is 2.00 bits per heavy atom. The van der Waals surface area contributed by atoms with Gasteiger partial charge in [-0.3, -0.25) is 14.3 Å². The highest BCUT2D eigenvalue weighted by Gasteiger charge is 2.36. The van der Waals surface area contributed by atoms with Crippen LogP contribution in [-0.2, 0) is 6.54 Å². The van der Waals surface area contributed by atoms with E-state index >= 15 is 0 Å². The highest BCUT2D eigenvalue weighted by Crippen LogP contribution is 2.42. The first-order chi connectivity index (χ1) is 14.1. The monoisotopic (exact) mass is 414 g/mol. The average Bonchev–Trinajstić information content (AvgIpc) is 3.07. The number of nitrogens with two attached hydrogens (primary N) is 2. The standard InChI is InChI=1S/C21H30N6O3/c1-6-26-16(7-12(4)25-26)21(29)24-13(5)27-17(11(2)3)10-30-18-9-14(20(23)28)8-15(22)19(18)27/h7-9,11,13,17H,6,10,22H2,1-5H3,(H2,23,28)(H,24,29)/t13?,17-/m1/s1. The maximum absolute atomic E-state index is 13.0. The van der Waals surface area contributed by atoms with Gasteiger partial charge in [0.25, 0.3) is 5.91 Å². The van der Waals surface area contributed by atoms with Gasteiger partial charge < -0.3 is 26.4 Å². The highest BCUT2D eigenvalue weighted by atomic mass is 16.5. The predicted molar refractivity (Wildman–Crippen MR) is 116 cm³/mol. The van der Waals surface area contributed by atoms with Crippen LogP contribution in [0.2, 0.25) is 0 Å². The number of aromatic nitrogens is 2. The molecule has 9 heteroatoms. The van der Waals surface area contributed by atoms with Gasteiger partial charge in [0, 0.05) is 12.1 Å². The molecule has 0 spiro atoms. The first-order valence-electron chi connectivity index (χ1n) is 10.1. The lowest BCUT2D eigenvalue weighted by molar-refractivity contribution is 0.0920. The first-order valence-corrected chi connectivity index (χ1v) is 10.1. The molecule has 9 nitrogen and oxygen atoms in total. The predicted octanol–water partition coefficient (Wildman–Crippen LogP) is 1.89. The van der Waals surface area contributed by atoms with Crippen molar-refractivity contribution in [1.82, 2.24) is 15.1 Å². The molecule has 0 radical (unpaired) electrons. The van der Waals surface area contributed by atoms with Crippen molar-refractivity contribution in [1.29, 1.82) is 0 Å². The van der Waals surface area contributed by atoms with Gasteiger partial charge >= 0.3 is 0 Å². The molecule has 0 fully saturated rings. The fraction of sp³-hybridized carbons (Fsp3) is 0.476. The van der Waals surface area contributed by atoms with Crippen LogP contribution in [0.4, 0.5) is 11.4 Å². The van der Waals surface area contributed by atoms with Crippen LogP contribution in [0, 0.1) is 12.8 Å². The van der Waals surface area contributed by atoms with Crippen LogP contribution < -0.4 is 26.4 Å². The summed E-state index contributed by atoms with van der Waals surface area (Å²) in [6.07, 6.45) is -0.380. The van der Waals surface area contributed by atoms with Crippen LogP contribution in [0.5, 0.6) is 5.75 Å². The lowest BCUT2D eigenvalue weighted by Crippen LogP contribution is -2.56. The van der Waals surface area contributed by atoms with E-state index in [1.54, 1.807) is 22.9 Å².